The fourth-order valence-corrected chi connectivity index (χ4v) is 11.3. The topological polar surface area (TPSA) is 127 Å². The van der Waals surface area contributed by atoms with Crippen LogP contribution in [0.4, 0.5) is 0 Å². The fraction of sp³-hybridized carbons (Fsp3) is 0.800. The average molecular weight is 587 g/mol. The zero-order valence-electron chi connectivity index (χ0n) is 26.5. The Morgan fingerprint density at radius 1 is 1.00 bits per heavy atom. The first kappa shape index (κ1) is 31.9. The van der Waals surface area contributed by atoms with Crippen LogP contribution in [0.1, 0.15) is 86.5 Å². The molecule has 7 nitrogen and oxygen atoms in total. The van der Waals surface area contributed by atoms with E-state index in [4.69, 9.17) is 4.74 Å². The van der Waals surface area contributed by atoms with Crippen LogP contribution in [0.3, 0.4) is 0 Å². The molecule has 0 aromatic rings. The van der Waals surface area contributed by atoms with Gasteiger partial charge in [-0.1, -0.05) is 58.4 Å². The Labute approximate surface area is 251 Å². The summed E-state index contributed by atoms with van der Waals surface area (Å²) >= 11 is 0. The Morgan fingerprint density at radius 3 is 2.31 bits per heavy atom. The van der Waals surface area contributed by atoms with Gasteiger partial charge in [-0.3, -0.25) is 0 Å². The normalized spacial score (nSPS) is 51.4. The van der Waals surface area contributed by atoms with Crippen molar-refractivity contribution in [2.45, 2.75) is 111 Å². The minimum absolute atomic E-state index is 0.0666. The lowest BCUT2D eigenvalue weighted by Gasteiger charge is -2.72. The van der Waals surface area contributed by atoms with Gasteiger partial charge in [-0.2, -0.15) is 0 Å². The fourth-order valence-electron chi connectivity index (χ4n) is 11.3. The van der Waals surface area contributed by atoms with E-state index in [9.17, 15) is 30.3 Å². The van der Waals surface area contributed by atoms with E-state index in [1.165, 1.54) is 11.6 Å². The number of hydrogen-bond acceptors (Lipinski definition) is 7. The van der Waals surface area contributed by atoms with Gasteiger partial charge in [0.1, 0.15) is 0 Å². The van der Waals surface area contributed by atoms with Gasteiger partial charge in [-0.15, -0.1) is 6.58 Å². The van der Waals surface area contributed by atoms with Gasteiger partial charge in [0.25, 0.3) is 0 Å². The van der Waals surface area contributed by atoms with Crippen LogP contribution >= 0.6 is 0 Å². The van der Waals surface area contributed by atoms with Gasteiger partial charge < -0.3 is 30.3 Å². The number of rotatable bonds is 5. The Hall–Kier alpha value is -1.51. The quantitative estimate of drug-likeness (QED) is 0.184. The molecule has 236 valence electrons. The zero-order valence-corrected chi connectivity index (χ0v) is 26.5. The SMILES string of the molecule is C=C[C@]12CC[C@H](O)[C@](C)(COC(=O)/C=C/C)C1CC[C@]1(C)C2CC=C2C3CC(C)(C)[C@@H](O)[C@H](O)[C@]3(CO)[C@H](O)C[C@]21C. The summed E-state index contributed by atoms with van der Waals surface area (Å²) in [7, 11) is 0. The van der Waals surface area contributed by atoms with E-state index in [1.807, 2.05) is 13.8 Å². The molecule has 0 saturated heterocycles. The van der Waals surface area contributed by atoms with Gasteiger partial charge in [0.05, 0.1) is 43.0 Å². The highest BCUT2D eigenvalue weighted by molar-refractivity contribution is 5.81. The zero-order chi connectivity index (χ0) is 31.1. The average Bonchev–Trinajstić information content (AvgIpc) is 2.93. The first-order valence-corrected chi connectivity index (χ1v) is 16.0. The number of allylic oxidation sites excluding steroid dienone is 4. The second-order valence-corrected chi connectivity index (χ2v) is 15.9. The van der Waals surface area contributed by atoms with E-state index in [-0.39, 0.29) is 41.8 Å². The van der Waals surface area contributed by atoms with E-state index in [2.05, 4.69) is 39.5 Å². The minimum Gasteiger partial charge on any atom is -0.462 e. The largest absolute Gasteiger partial charge is 0.462 e. The molecular weight excluding hydrogens is 532 g/mol. The van der Waals surface area contributed by atoms with Gasteiger partial charge >= 0.3 is 5.97 Å². The Bertz CT molecular complexity index is 1160. The molecular formula is C35H54O7. The maximum atomic E-state index is 12.3. The number of ether oxygens (including phenoxy) is 1. The van der Waals surface area contributed by atoms with Gasteiger partial charge in [0, 0.05) is 11.5 Å². The highest BCUT2D eigenvalue weighted by Crippen LogP contribution is 2.76. The smallest absolute Gasteiger partial charge is 0.330 e. The first-order chi connectivity index (χ1) is 19.6. The molecule has 42 heavy (non-hydrogen) atoms. The van der Waals surface area contributed by atoms with Crippen LogP contribution in [0.25, 0.3) is 0 Å². The lowest BCUT2D eigenvalue weighted by molar-refractivity contribution is -0.256. The van der Waals surface area contributed by atoms with Crippen molar-refractivity contribution < 1.29 is 35.1 Å². The van der Waals surface area contributed by atoms with E-state index in [1.54, 1.807) is 13.0 Å². The van der Waals surface area contributed by atoms with Crippen molar-refractivity contribution in [2.75, 3.05) is 13.2 Å². The Morgan fingerprint density at radius 2 is 1.69 bits per heavy atom. The molecule has 0 bridgehead atoms. The number of carbonyl (C=O) groups is 1. The second kappa shape index (κ2) is 10.3. The van der Waals surface area contributed by atoms with Crippen molar-refractivity contribution in [1.82, 2.24) is 0 Å². The predicted octanol–water partition coefficient (Wildman–Crippen LogP) is 4.32. The van der Waals surface area contributed by atoms with Crippen LogP contribution in [-0.4, -0.2) is 69.1 Å². The third-order valence-corrected chi connectivity index (χ3v) is 14.0. The van der Waals surface area contributed by atoms with Crippen LogP contribution in [0.5, 0.6) is 0 Å². The third-order valence-electron chi connectivity index (χ3n) is 14.0. The van der Waals surface area contributed by atoms with E-state index >= 15 is 0 Å². The van der Waals surface area contributed by atoms with Crippen LogP contribution in [-0.2, 0) is 9.53 Å². The molecule has 7 heteroatoms. The highest BCUT2D eigenvalue weighted by atomic mass is 16.5. The molecule has 0 aliphatic heterocycles. The van der Waals surface area contributed by atoms with Gasteiger partial charge in [0.2, 0.25) is 0 Å². The summed E-state index contributed by atoms with van der Waals surface area (Å²) in [4.78, 5) is 12.3. The molecule has 5 aliphatic rings. The molecule has 0 aromatic carbocycles. The van der Waals surface area contributed by atoms with E-state index in [0.29, 0.717) is 19.3 Å². The number of fused-ring (bicyclic) bond motifs is 7. The van der Waals surface area contributed by atoms with Gasteiger partial charge in [-0.25, -0.2) is 4.79 Å². The van der Waals surface area contributed by atoms with Crippen LogP contribution in [0.2, 0.25) is 0 Å². The predicted molar refractivity (Wildman–Crippen MR) is 161 cm³/mol. The molecule has 4 fully saturated rings. The highest BCUT2D eigenvalue weighted by Gasteiger charge is 2.72. The van der Waals surface area contributed by atoms with E-state index < -0.39 is 52.0 Å². The summed E-state index contributed by atoms with van der Waals surface area (Å²) in [6.07, 6.45) is 8.53. The summed E-state index contributed by atoms with van der Waals surface area (Å²) in [6.45, 7) is 16.6. The number of hydrogen-bond donors (Lipinski definition) is 5. The molecule has 3 unspecified atom stereocenters. The van der Waals surface area contributed by atoms with Crippen molar-refractivity contribution in [3.05, 3.63) is 36.5 Å². The third kappa shape index (κ3) is 3.92. The monoisotopic (exact) mass is 586 g/mol. The lowest BCUT2D eigenvalue weighted by atomic mass is 9.32. The minimum atomic E-state index is -1.23. The van der Waals surface area contributed by atoms with Crippen LogP contribution in [0.15, 0.2) is 36.5 Å². The number of aliphatic hydroxyl groups excluding tert-OH is 5. The number of esters is 1. The van der Waals surface area contributed by atoms with Gasteiger partial charge in [0.15, 0.2) is 0 Å². The van der Waals surface area contributed by atoms with Crippen LogP contribution < -0.4 is 0 Å². The molecule has 0 spiro atoms. The Kier molecular flexibility index (Phi) is 7.80. The van der Waals surface area contributed by atoms with E-state index in [0.717, 1.165) is 25.7 Å². The lowest BCUT2D eigenvalue weighted by Crippen LogP contribution is -2.71. The number of aliphatic hydroxyl groups is 5. The maximum Gasteiger partial charge on any atom is 0.330 e. The van der Waals surface area contributed by atoms with Crippen molar-refractivity contribution in [1.29, 1.82) is 0 Å². The molecule has 5 rings (SSSR count). The standard InChI is InChI=1S/C35H54O7/c1-8-10-27(39)42-20-31(5)23-13-15-32(6)24(34(23,9-2)16-14-25(31)37)12-11-21-22-17-30(3,4)28(40)29(41)35(22,19-36)26(38)18-33(21,32)7/h8-11,22-26,28-29,36-38,40-41H,2,12-20H2,1,3-7H3/b10-8+/t22?,23?,24?,25-,26+,28-,29-,31+,32+,33+,34-,35-/m0/s1. The molecule has 0 radical (unpaired) electrons. The van der Waals surface area contributed by atoms with Crippen molar-refractivity contribution in [2.24, 2.45) is 50.2 Å². The van der Waals surface area contributed by atoms with Crippen molar-refractivity contribution in [3.63, 3.8) is 0 Å². The molecule has 0 heterocycles. The first-order valence-electron chi connectivity index (χ1n) is 16.0. The summed E-state index contributed by atoms with van der Waals surface area (Å²) in [5.74, 6) is -0.402. The summed E-state index contributed by atoms with van der Waals surface area (Å²) in [5, 5.41) is 56.6. The van der Waals surface area contributed by atoms with Crippen LogP contribution in [0, 0.1) is 50.2 Å². The molecule has 12 atom stereocenters. The number of carbonyl (C=O) groups excluding carboxylic acids is 1. The maximum absolute atomic E-state index is 12.3. The Balaban J connectivity index is 1.59. The van der Waals surface area contributed by atoms with Gasteiger partial charge in [-0.05, 0) is 91.3 Å². The summed E-state index contributed by atoms with van der Waals surface area (Å²) in [5.41, 5.74) is -2.12. The molecule has 5 N–H and O–H groups in total. The summed E-state index contributed by atoms with van der Waals surface area (Å²) < 4.78 is 5.70. The van der Waals surface area contributed by atoms with Crippen molar-refractivity contribution >= 4 is 5.97 Å². The summed E-state index contributed by atoms with van der Waals surface area (Å²) in [6, 6.07) is 0. The molecule has 0 aromatic heterocycles. The molecule has 5 aliphatic carbocycles. The second-order valence-electron chi connectivity index (χ2n) is 15.9. The molecule has 4 saturated carbocycles. The van der Waals surface area contributed by atoms with Crippen molar-refractivity contribution in [3.8, 4) is 0 Å². The molecule has 0 amide bonds.